The highest BCUT2D eigenvalue weighted by Gasteiger charge is 2.13. The van der Waals surface area contributed by atoms with E-state index in [1.165, 1.54) is 23.7 Å². The molecule has 0 radical (unpaired) electrons. The molecule has 1 amide bonds. The summed E-state index contributed by atoms with van der Waals surface area (Å²) in [6.45, 7) is 0. The summed E-state index contributed by atoms with van der Waals surface area (Å²) in [5.41, 5.74) is 10.1. The summed E-state index contributed by atoms with van der Waals surface area (Å²) in [5, 5.41) is 2.87. The van der Waals surface area contributed by atoms with Gasteiger partial charge in [0.2, 0.25) is 0 Å². The Morgan fingerprint density at radius 2 is 2.05 bits per heavy atom. The molecule has 1 aliphatic carbocycles. The molecule has 1 aromatic heterocycles. The van der Waals surface area contributed by atoms with Crippen molar-refractivity contribution in [3.63, 3.8) is 0 Å². The number of nitrogen functional groups attached to an aromatic ring is 1. The van der Waals surface area contributed by atoms with Crippen LogP contribution in [0.4, 0.5) is 11.4 Å². The Hall–Kier alpha value is -2.36. The van der Waals surface area contributed by atoms with Crippen molar-refractivity contribution in [3.05, 3.63) is 53.3 Å². The fourth-order valence-corrected chi connectivity index (χ4v) is 2.44. The Bertz CT molecular complexity index is 637. The molecule has 1 aliphatic rings. The predicted molar refractivity (Wildman–Crippen MR) is 75.1 cm³/mol. The SMILES string of the molecule is Nc1ccncc1C(=O)Nc1ccc2c(c1)CCC2. The lowest BCUT2D eigenvalue weighted by Gasteiger charge is -2.08. The number of carbonyl (C=O) groups excluding carboxylic acids is 1. The van der Waals surface area contributed by atoms with Crippen molar-refractivity contribution < 1.29 is 4.79 Å². The lowest BCUT2D eigenvalue weighted by molar-refractivity contribution is 0.102. The number of pyridine rings is 1. The first-order chi connectivity index (χ1) is 9.24. The van der Waals surface area contributed by atoms with Crippen LogP contribution in [-0.2, 0) is 12.8 Å². The van der Waals surface area contributed by atoms with E-state index in [0.717, 1.165) is 18.5 Å². The highest BCUT2D eigenvalue weighted by Crippen LogP contribution is 2.25. The highest BCUT2D eigenvalue weighted by molar-refractivity contribution is 6.07. The molecular weight excluding hydrogens is 238 g/mol. The number of carbonyl (C=O) groups is 1. The summed E-state index contributed by atoms with van der Waals surface area (Å²) < 4.78 is 0. The Kier molecular flexibility index (Phi) is 2.91. The number of benzene rings is 1. The minimum Gasteiger partial charge on any atom is -0.398 e. The van der Waals surface area contributed by atoms with Crippen LogP contribution in [0.3, 0.4) is 0 Å². The molecular formula is C15H15N3O. The number of aromatic nitrogens is 1. The van der Waals surface area contributed by atoms with Gasteiger partial charge < -0.3 is 11.1 Å². The van der Waals surface area contributed by atoms with Gasteiger partial charge in [0.15, 0.2) is 0 Å². The zero-order valence-corrected chi connectivity index (χ0v) is 10.5. The van der Waals surface area contributed by atoms with Gasteiger partial charge in [-0.15, -0.1) is 0 Å². The third kappa shape index (κ3) is 2.29. The summed E-state index contributed by atoms with van der Waals surface area (Å²) >= 11 is 0. The minimum absolute atomic E-state index is 0.219. The first kappa shape index (κ1) is 11.7. The van der Waals surface area contributed by atoms with Gasteiger partial charge in [-0.25, -0.2) is 0 Å². The molecule has 1 aromatic carbocycles. The van der Waals surface area contributed by atoms with Crippen LogP contribution < -0.4 is 11.1 Å². The second kappa shape index (κ2) is 4.72. The molecule has 0 spiro atoms. The number of hydrogen-bond acceptors (Lipinski definition) is 3. The van der Waals surface area contributed by atoms with Gasteiger partial charge in [0.1, 0.15) is 0 Å². The fourth-order valence-electron chi connectivity index (χ4n) is 2.44. The molecule has 0 unspecified atom stereocenters. The molecule has 4 nitrogen and oxygen atoms in total. The number of rotatable bonds is 2. The number of hydrogen-bond donors (Lipinski definition) is 2. The number of amides is 1. The van der Waals surface area contributed by atoms with Gasteiger partial charge in [0, 0.05) is 23.8 Å². The van der Waals surface area contributed by atoms with E-state index in [-0.39, 0.29) is 5.91 Å². The minimum atomic E-state index is -0.219. The van der Waals surface area contributed by atoms with E-state index in [4.69, 9.17) is 5.73 Å². The largest absolute Gasteiger partial charge is 0.398 e. The lowest BCUT2D eigenvalue weighted by atomic mass is 10.1. The average Bonchev–Trinajstić information content (AvgIpc) is 2.86. The number of aryl methyl sites for hydroxylation is 2. The Morgan fingerprint density at radius 3 is 2.89 bits per heavy atom. The molecule has 0 fully saturated rings. The molecule has 3 N–H and O–H groups in total. The van der Waals surface area contributed by atoms with E-state index in [9.17, 15) is 4.79 Å². The monoisotopic (exact) mass is 253 g/mol. The van der Waals surface area contributed by atoms with Crippen LogP contribution in [0.5, 0.6) is 0 Å². The van der Waals surface area contributed by atoms with Gasteiger partial charge in [0.05, 0.1) is 5.56 Å². The van der Waals surface area contributed by atoms with E-state index in [1.54, 1.807) is 12.3 Å². The van der Waals surface area contributed by atoms with Crippen LogP contribution >= 0.6 is 0 Å². The fraction of sp³-hybridized carbons (Fsp3) is 0.200. The van der Waals surface area contributed by atoms with E-state index >= 15 is 0 Å². The number of nitrogens with one attached hydrogen (secondary N) is 1. The number of nitrogens with two attached hydrogens (primary N) is 1. The number of fused-ring (bicyclic) bond motifs is 1. The third-order valence-electron chi connectivity index (χ3n) is 3.46. The van der Waals surface area contributed by atoms with Crippen LogP contribution in [0, 0.1) is 0 Å². The van der Waals surface area contributed by atoms with Crippen LogP contribution in [0.15, 0.2) is 36.7 Å². The molecule has 0 bridgehead atoms. The Morgan fingerprint density at radius 1 is 1.21 bits per heavy atom. The van der Waals surface area contributed by atoms with Crippen molar-refractivity contribution in [3.8, 4) is 0 Å². The highest BCUT2D eigenvalue weighted by atomic mass is 16.1. The normalized spacial score (nSPS) is 13.1. The van der Waals surface area contributed by atoms with Crippen molar-refractivity contribution in [2.24, 2.45) is 0 Å². The standard InChI is InChI=1S/C15H15N3O/c16-14-6-7-17-9-13(14)15(19)18-12-5-4-10-2-1-3-11(10)8-12/h4-9H,1-3H2,(H2,16,17)(H,18,19). The topological polar surface area (TPSA) is 68.0 Å². The third-order valence-corrected chi connectivity index (χ3v) is 3.46. The Labute approximate surface area is 111 Å². The summed E-state index contributed by atoms with van der Waals surface area (Å²) in [6.07, 6.45) is 6.48. The maximum atomic E-state index is 12.1. The van der Waals surface area contributed by atoms with Crippen molar-refractivity contribution in [1.82, 2.24) is 4.98 Å². The number of anilines is 2. The predicted octanol–water partition coefficient (Wildman–Crippen LogP) is 2.40. The average molecular weight is 253 g/mol. The van der Waals surface area contributed by atoms with Crippen molar-refractivity contribution in [1.29, 1.82) is 0 Å². The van der Waals surface area contributed by atoms with Crippen molar-refractivity contribution >= 4 is 17.3 Å². The molecule has 4 heteroatoms. The molecule has 3 rings (SSSR count). The van der Waals surface area contributed by atoms with E-state index in [2.05, 4.69) is 16.4 Å². The van der Waals surface area contributed by atoms with Crippen molar-refractivity contribution in [2.75, 3.05) is 11.1 Å². The Balaban J connectivity index is 1.82. The van der Waals surface area contributed by atoms with E-state index < -0.39 is 0 Å². The lowest BCUT2D eigenvalue weighted by Crippen LogP contribution is -2.14. The zero-order chi connectivity index (χ0) is 13.2. The summed E-state index contributed by atoms with van der Waals surface area (Å²) in [7, 11) is 0. The van der Waals surface area contributed by atoms with E-state index in [1.807, 2.05) is 12.1 Å². The van der Waals surface area contributed by atoms with Gasteiger partial charge in [-0.2, -0.15) is 0 Å². The first-order valence-electron chi connectivity index (χ1n) is 6.37. The van der Waals surface area contributed by atoms with Gasteiger partial charge in [-0.1, -0.05) is 6.07 Å². The molecule has 96 valence electrons. The molecule has 0 atom stereocenters. The summed E-state index contributed by atoms with van der Waals surface area (Å²) in [4.78, 5) is 16.0. The van der Waals surface area contributed by atoms with Crippen LogP contribution in [0.2, 0.25) is 0 Å². The molecule has 1 heterocycles. The van der Waals surface area contributed by atoms with Crippen LogP contribution in [0.25, 0.3) is 0 Å². The molecule has 0 saturated heterocycles. The van der Waals surface area contributed by atoms with Crippen molar-refractivity contribution in [2.45, 2.75) is 19.3 Å². The second-order valence-corrected chi connectivity index (χ2v) is 4.75. The van der Waals surface area contributed by atoms with Crippen LogP contribution in [-0.4, -0.2) is 10.9 Å². The summed E-state index contributed by atoms with van der Waals surface area (Å²) in [5.74, 6) is -0.219. The molecule has 0 aliphatic heterocycles. The molecule has 19 heavy (non-hydrogen) atoms. The van der Waals surface area contributed by atoms with Crippen LogP contribution in [0.1, 0.15) is 27.9 Å². The first-order valence-corrected chi connectivity index (χ1v) is 6.37. The molecule has 2 aromatic rings. The van der Waals surface area contributed by atoms with Gasteiger partial charge in [-0.3, -0.25) is 9.78 Å². The zero-order valence-electron chi connectivity index (χ0n) is 10.5. The quantitative estimate of drug-likeness (QED) is 0.863. The second-order valence-electron chi connectivity index (χ2n) is 4.75. The van der Waals surface area contributed by atoms with Gasteiger partial charge >= 0.3 is 0 Å². The van der Waals surface area contributed by atoms with Gasteiger partial charge in [0.25, 0.3) is 5.91 Å². The summed E-state index contributed by atoms with van der Waals surface area (Å²) in [6, 6.07) is 7.70. The molecule has 0 saturated carbocycles. The smallest absolute Gasteiger partial charge is 0.259 e. The number of nitrogens with zero attached hydrogens (tertiary/aromatic N) is 1. The van der Waals surface area contributed by atoms with Gasteiger partial charge in [-0.05, 0) is 48.6 Å². The van der Waals surface area contributed by atoms with E-state index in [0.29, 0.717) is 11.3 Å². The maximum absolute atomic E-state index is 12.1. The maximum Gasteiger partial charge on any atom is 0.259 e.